The molecule has 0 heterocycles. The lowest BCUT2D eigenvalue weighted by molar-refractivity contribution is -0.116. The standard InChI is InChI=1S/C22H30N2O4S2/c1-4-24(5-2)30(26,27)19-14-15-21(28-6-3)20(17-19)23-22(25)13-10-16-29-18-11-8-7-9-12-18/h7-9,11-12,14-15,17H,4-6,10,13,16H2,1-3H3,(H,23,25). The third-order valence-corrected chi connectivity index (χ3v) is 7.57. The van der Waals surface area contributed by atoms with Gasteiger partial charge in [0.15, 0.2) is 0 Å². The Morgan fingerprint density at radius 1 is 1.07 bits per heavy atom. The Bertz CT molecular complexity index is 914. The zero-order valence-corrected chi connectivity index (χ0v) is 19.4. The molecule has 0 saturated heterocycles. The van der Waals surface area contributed by atoms with Crippen LogP contribution in [-0.4, -0.2) is 44.1 Å². The minimum atomic E-state index is -3.62. The fourth-order valence-electron chi connectivity index (χ4n) is 2.91. The lowest BCUT2D eigenvalue weighted by Gasteiger charge is -2.20. The van der Waals surface area contributed by atoms with Crippen LogP contribution in [0.15, 0.2) is 58.3 Å². The van der Waals surface area contributed by atoms with E-state index in [9.17, 15) is 13.2 Å². The molecule has 1 N–H and O–H groups in total. The van der Waals surface area contributed by atoms with Crippen LogP contribution in [0.4, 0.5) is 5.69 Å². The smallest absolute Gasteiger partial charge is 0.243 e. The average Bonchev–Trinajstić information content (AvgIpc) is 2.74. The number of nitrogens with one attached hydrogen (secondary N) is 1. The summed E-state index contributed by atoms with van der Waals surface area (Å²) in [5.41, 5.74) is 0.380. The fraction of sp³-hybridized carbons (Fsp3) is 0.409. The first kappa shape index (κ1) is 24.2. The molecule has 30 heavy (non-hydrogen) atoms. The summed E-state index contributed by atoms with van der Waals surface area (Å²) in [5.74, 6) is 1.12. The Hall–Kier alpha value is -2.03. The Morgan fingerprint density at radius 3 is 2.40 bits per heavy atom. The van der Waals surface area contributed by atoms with Crippen molar-refractivity contribution in [3.05, 3.63) is 48.5 Å². The highest BCUT2D eigenvalue weighted by Gasteiger charge is 2.23. The van der Waals surface area contributed by atoms with E-state index in [1.54, 1.807) is 31.7 Å². The van der Waals surface area contributed by atoms with E-state index in [1.165, 1.54) is 21.3 Å². The number of ether oxygens (including phenoxy) is 1. The van der Waals surface area contributed by atoms with Crippen molar-refractivity contribution < 1.29 is 17.9 Å². The van der Waals surface area contributed by atoms with Crippen LogP contribution in [0.25, 0.3) is 0 Å². The molecule has 0 radical (unpaired) electrons. The molecular formula is C22H30N2O4S2. The first-order chi connectivity index (χ1) is 14.4. The number of hydrogen-bond acceptors (Lipinski definition) is 5. The van der Waals surface area contributed by atoms with E-state index in [2.05, 4.69) is 5.32 Å². The van der Waals surface area contributed by atoms with Crippen molar-refractivity contribution >= 4 is 33.4 Å². The molecule has 0 atom stereocenters. The number of carbonyl (C=O) groups is 1. The average molecular weight is 451 g/mol. The number of benzene rings is 2. The molecule has 0 saturated carbocycles. The maximum Gasteiger partial charge on any atom is 0.243 e. The summed E-state index contributed by atoms with van der Waals surface area (Å²) in [7, 11) is -3.62. The summed E-state index contributed by atoms with van der Waals surface area (Å²) in [5, 5.41) is 2.83. The van der Waals surface area contributed by atoms with Crippen LogP contribution in [0.2, 0.25) is 0 Å². The summed E-state index contributed by atoms with van der Waals surface area (Å²) in [6, 6.07) is 14.6. The molecule has 8 heteroatoms. The minimum absolute atomic E-state index is 0.143. The summed E-state index contributed by atoms with van der Waals surface area (Å²) in [6.45, 7) is 6.61. The van der Waals surface area contributed by atoms with Gasteiger partial charge in [-0.05, 0) is 49.4 Å². The van der Waals surface area contributed by atoms with E-state index in [0.29, 0.717) is 44.0 Å². The van der Waals surface area contributed by atoms with Gasteiger partial charge in [0.05, 0.1) is 17.2 Å². The van der Waals surface area contributed by atoms with Gasteiger partial charge in [-0.3, -0.25) is 4.79 Å². The van der Waals surface area contributed by atoms with Crippen LogP contribution in [0.3, 0.4) is 0 Å². The summed E-state index contributed by atoms with van der Waals surface area (Å²) in [4.78, 5) is 13.8. The summed E-state index contributed by atoms with van der Waals surface area (Å²) in [6.07, 6.45) is 1.06. The summed E-state index contributed by atoms with van der Waals surface area (Å²) < 4.78 is 32.6. The van der Waals surface area contributed by atoms with Crippen LogP contribution in [-0.2, 0) is 14.8 Å². The number of sulfonamides is 1. The highest BCUT2D eigenvalue weighted by atomic mass is 32.2. The molecule has 2 rings (SSSR count). The van der Waals surface area contributed by atoms with E-state index in [0.717, 1.165) is 5.75 Å². The predicted octanol–water partition coefficient (Wildman–Crippen LogP) is 4.63. The molecule has 6 nitrogen and oxygen atoms in total. The van der Waals surface area contributed by atoms with Gasteiger partial charge in [-0.1, -0.05) is 32.0 Å². The van der Waals surface area contributed by atoms with Crippen molar-refractivity contribution in [1.82, 2.24) is 4.31 Å². The predicted molar refractivity (Wildman–Crippen MR) is 123 cm³/mol. The Kier molecular flexibility index (Phi) is 9.68. The molecule has 0 bridgehead atoms. The quantitative estimate of drug-likeness (QED) is 0.377. The largest absolute Gasteiger partial charge is 0.492 e. The highest BCUT2D eigenvalue weighted by Crippen LogP contribution is 2.29. The molecule has 0 fully saturated rings. The maximum atomic E-state index is 12.8. The van der Waals surface area contributed by atoms with E-state index in [4.69, 9.17) is 4.74 Å². The number of hydrogen-bond donors (Lipinski definition) is 1. The van der Waals surface area contributed by atoms with Gasteiger partial charge in [-0.25, -0.2) is 8.42 Å². The number of thioether (sulfide) groups is 1. The molecule has 0 aliphatic rings. The highest BCUT2D eigenvalue weighted by molar-refractivity contribution is 7.99. The van der Waals surface area contributed by atoms with Gasteiger partial charge in [0.1, 0.15) is 5.75 Å². The first-order valence-electron chi connectivity index (χ1n) is 10.2. The minimum Gasteiger partial charge on any atom is -0.492 e. The molecule has 164 valence electrons. The van der Waals surface area contributed by atoms with Gasteiger partial charge < -0.3 is 10.1 Å². The lowest BCUT2D eigenvalue weighted by Crippen LogP contribution is -2.30. The van der Waals surface area contributed by atoms with E-state index in [-0.39, 0.29) is 10.8 Å². The van der Waals surface area contributed by atoms with Gasteiger partial charge in [0.25, 0.3) is 0 Å². The van der Waals surface area contributed by atoms with E-state index in [1.807, 2.05) is 37.3 Å². The van der Waals surface area contributed by atoms with E-state index < -0.39 is 10.0 Å². The van der Waals surface area contributed by atoms with Crippen molar-refractivity contribution in [2.24, 2.45) is 0 Å². The summed E-state index contributed by atoms with van der Waals surface area (Å²) >= 11 is 1.70. The van der Waals surface area contributed by atoms with Gasteiger partial charge in [0.2, 0.25) is 15.9 Å². The fourth-order valence-corrected chi connectivity index (χ4v) is 5.27. The number of nitrogens with zero attached hydrogens (tertiary/aromatic N) is 1. The normalized spacial score (nSPS) is 11.5. The Balaban J connectivity index is 2.05. The molecule has 1 amide bonds. The van der Waals surface area contributed by atoms with Crippen molar-refractivity contribution in [3.63, 3.8) is 0 Å². The molecule has 0 aliphatic carbocycles. The van der Waals surface area contributed by atoms with Crippen LogP contribution < -0.4 is 10.1 Å². The van der Waals surface area contributed by atoms with Gasteiger partial charge in [-0.15, -0.1) is 11.8 Å². The SMILES string of the molecule is CCOc1ccc(S(=O)(=O)N(CC)CC)cc1NC(=O)CCCSc1ccccc1. The number of carbonyl (C=O) groups excluding carboxylic acids is 1. The monoisotopic (exact) mass is 450 g/mol. The van der Waals surface area contributed by atoms with Crippen molar-refractivity contribution in [2.75, 3.05) is 30.8 Å². The number of amides is 1. The van der Waals surface area contributed by atoms with Crippen molar-refractivity contribution in [2.45, 2.75) is 43.4 Å². The second-order valence-corrected chi connectivity index (χ2v) is 9.60. The maximum absolute atomic E-state index is 12.8. The molecule has 2 aromatic carbocycles. The molecule has 0 aliphatic heterocycles. The Morgan fingerprint density at radius 2 is 1.77 bits per heavy atom. The first-order valence-corrected chi connectivity index (χ1v) is 12.6. The number of rotatable bonds is 12. The zero-order chi connectivity index (χ0) is 22.0. The second kappa shape index (κ2) is 12.0. The van der Waals surface area contributed by atoms with Gasteiger partial charge >= 0.3 is 0 Å². The second-order valence-electron chi connectivity index (χ2n) is 6.49. The zero-order valence-electron chi connectivity index (χ0n) is 17.8. The molecule has 0 spiro atoms. The third-order valence-electron chi connectivity index (χ3n) is 4.43. The van der Waals surface area contributed by atoms with Gasteiger partial charge in [-0.2, -0.15) is 4.31 Å². The van der Waals surface area contributed by atoms with Crippen LogP contribution in [0, 0.1) is 0 Å². The molecule has 0 aromatic heterocycles. The Labute approximate surface area is 184 Å². The lowest BCUT2D eigenvalue weighted by atomic mass is 10.2. The van der Waals surface area contributed by atoms with Crippen LogP contribution >= 0.6 is 11.8 Å². The topological polar surface area (TPSA) is 75.7 Å². The molecular weight excluding hydrogens is 420 g/mol. The molecule has 2 aromatic rings. The van der Waals surface area contributed by atoms with Gasteiger partial charge in [0, 0.05) is 24.4 Å². The van der Waals surface area contributed by atoms with Crippen LogP contribution in [0.5, 0.6) is 5.75 Å². The third kappa shape index (κ3) is 6.75. The molecule has 0 unspecified atom stereocenters. The van der Waals surface area contributed by atoms with E-state index >= 15 is 0 Å². The number of anilines is 1. The van der Waals surface area contributed by atoms with Crippen molar-refractivity contribution in [3.8, 4) is 5.75 Å². The van der Waals surface area contributed by atoms with Crippen molar-refractivity contribution in [1.29, 1.82) is 0 Å². The van der Waals surface area contributed by atoms with Crippen LogP contribution in [0.1, 0.15) is 33.6 Å².